The number of unbranched alkanes of at least 4 members (excludes halogenated alkanes) is 1. The molecule has 1 aliphatic heterocycles. The Balaban J connectivity index is 1.79. The molecule has 0 saturated carbocycles. The summed E-state index contributed by atoms with van der Waals surface area (Å²) in [6.07, 6.45) is 6.60. The van der Waals surface area contributed by atoms with E-state index in [1.54, 1.807) is 0 Å². The first-order valence-corrected chi connectivity index (χ1v) is 5.98. The molecule has 14 heavy (non-hydrogen) atoms. The van der Waals surface area contributed by atoms with Gasteiger partial charge < -0.3 is 9.47 Å². The van der Waals surface area contributed by atoms with Crippen LogP contribution in [-0.4, -0.2) is 25.9 Å². The molecule has 2 nitrogen and oxygen atoms in total. The summed E-state index contributed by atoms with van der Waals surface area (Å²) in [5.41, 5.74) is 0. The lowest BCUT2D eigenvalue weighted by Gasteiger charge is -2.10. The average molecular weight is 200 g/mol. The lowest BCUT2D eigenvalue weighted by Crippen LogP contribution is -2.14. The summed E-state index contributed by atoms with van der Waals surface area (Å²) in [7, 11) is 0. The van der Waals surface area contributed by atoms with Gasteiger partial charge in [-0.1, -0.05) is 26.7 Å². The van der Waals surface area contributed by atoms with Gasteiger partial charge >= 0.3 is 0 Å². The van der Waals surface area contributed by atoms with Crippen molar-refractivity contribution in [1.29, 1.82) is 0 Å². The predicted molar refractivity (Wildman–Crippen MR) is 58.5 cm³/mol. The van der Waals surface area contributed by atoms with Crippen LogP contribution in [0.3, 0.4) is 0 Å². The van der Waals surface area contributed by atoms with Gasteiger partial charge in [0, 0.05) is 13.2 Å². The minimum atomic E-state index is 0.389. The first-order valence-electron chi connectivity index (χ1n) is 5.98. The second-order valence-corrected chi connectivity index (χ2v) is 4.60. The molecule has 0 bridgehead atoms. The quantitative estimate of drug-likeness (QED) is 0.588. The molecule has 0 aromatic rings. The van der Waals surface area contributed by atoms with Crippen molar-refractivity contribution in [3.05, 3.63) is 0 Å². The first kappa shape index (κ1) is 12.0. The maximum Gasteiger partial charge on any atom is 0.0809 e. The molecule has 0 aliphatic carbocycles. The molecule has 0 radical (unpaired) electrons. The lowest BCUT2D eigenvalue weighted by molar-refractivity contribution is 0.0159. The van der Waals surface area contributed by atoms with E-state index in [0.29, 0.717) is 6.10 Å². The van der Waals surface area contributed by atoms with Crippen molar-refractivity contribution in [3.63, 3.8) is 0 Å². The van der Waals surface area contributed by atoms with Gasteiger partial charge in [-0.2, -0.15) is 0 Å². The van der Waals surface area contributed by atoms with Gasteiger partial charge in [-0.15, -0.1) is 0 Å². The molecule has 1 aliphatic rings. The molecule has 1 saturated heterocycles. The van der Waals surface area contributed by atoms with E-state index in [9.17, 15) is 0 Å². The zero-order chi connectivity index (χ0) is 10.2. The van der Waals surface area contributed by atoms with Crippen LogP contribution in [0.25, 0.3) is 0 Å². The molecule has 1 heterocycles. The zero-order valence-electron chi connectivity index (χ0n) is 9.63. The molecule has 0 spiro atoms. The Labute approximate surface area is 88.0 Å². The molecule has 1 atom stereocenters. The Morgan fingerprint density at radius 2 is 2.21 bits per heavy atom. The Hall–Kier alpha value is -0.0800. The van der Waals surface area contributed by atoms with Crippen LogP contribution in [0.2, 0.25) is 0 Å². The van der Waals surface area contributed by atoms with Crippen LogP contribution >= 0.6 is 0 Å². The summed E-state index contributed by atoms with van der Waals surface area (Å²) in [6, 6.07) is 0. The normalized spacial score (nSPS) is 22.1. The van der Waals surface area contributed by atoms with E-state index in [4.69, 9.17) is 9.47 Å². The van der Waals surface area contributed by atoms with Crippen LogP contribution in [0.15, 0.2) is 0 Å². The highest BCUT2D eigenvalue weighted by molar-refractivity contribution is 4.63. The molecule has 1 fully saturated rings. The standard InChI is InChI=1S/C12H24O2/c1-11(2)6-3-4-8-13-10-12-7-5-9-14-12/h11-12H,3-10H2,1-2H3. The number of hydrogen-bond acceptors (Lipinski definition) is 2. The summed E-state index contributed by atoms with van der Waals surface area (Å²) < 4.78 is 11.0. The second kappa shape index (κ2) is 7.24. The summed E-state index contributed by atoms with van der Waals surface area (Å²) in [4.78, 5) is 0. The summed E-state index contributed by atoms with van der Waals surface area (Å²) in [5.74, 6) is 0.827. The third kappa shape index (κ3) is 5.61. The van der Waals surface area contributed by atoms with Crippen molar-refractivity contribution in [1.82, 2.24) is 0 Å². The molecule has 2 heteroatoms. The minimum Gasteiger partial charge on any atom is -0.379 e. The molecular weight excluding hydrogens is 176 g/mol. The molecule has 0 amide bonds. The Bertz CT molecular complexity index is 128. The number of rotatable bonds is 7. The SMILES string of the molecule is CC(C)CCCCOCC1CCCO1. The van der Waals surface area contributed by atoms with E-state index in [2.05, 4.69) is 13.8 Å². The van der Waals surface area contributed by atoms with E-state index < -0.39 is 0 Å². The van der Waals surface area contributed by atoms with E-state index in [1.165, 1.54) is 32.1 Å². The summed E-state index contributed by atoms with van der Waals surface area (Å²) in [5, 5.41) is 0. The van der Waals surface area contributed by atoms with Crippen LogP contribution in [0.1, 0.15) is 46.0 Å². The number of hydrogen-bond donors (Lipinski definition) is 0. The van der Waals surface area contributed by atoms with Crippen LogP contribution in [0, 0.1) is 5.92 Å². The van der Waals surface area contributed by atoms with Gasteiger partial charge in [0.1, 0.15) is 0 Å². The van der Waals surface area contributed by atoms with E-state index >= 15 is 0 Å². The molecule has 1 unspecified atom stereocenters. The highest BCUT2D eigenvalue weighted by atomic mass is 16.5. The van der Waals surface area contributed by atoms with E-state index in [-0.39, 0.29) is 0 Å². The van der Waals surface area contributed by atoms with Gasteiger partial charge in [-0.25, -0.2) is 0 Å². The summed E-state index contributed by atoms with van der Waals surface area (Å²) in [6.45, 7) is 7.19. The Kier molecular flexibility index (Phi) is 6.20. The topological polar surface area (TPSA) is 18.5 Å². The van der Waals surface area contributed by atoms with Crippen molar-refractivity contribution < 1.29 is 9.47 Å². The smallest absolute Gasteiger partial charge is 0.0809 e. The third-order valence-electron chi connectivity index (χ3n) is 2.65. The monoisotopic (exact) mass is 200 g/mol. The van der Waals surface area contributed by atoms with Crippen molar-refractivity contribution in [3.8, 4) is 0 Å². The van der Waals surface area contributed by atoms with Crippen molar-refractivity contribution in [2.24, 2.45) is 5.92 Å². The lowest BCUT2D eigenvalue weighted by atomic mass is 10.1. The fourth-order valence-electron chi connectivity index (χ4n) is 1.75. The molecular formula is C12H24O2. The van der Waals surface area contributed by atoms with Gasteiger partial charge in [-0.3, -0.25) is 0 Å². The average Bonchev–Trinajstić information content (AvgIpc) is 2.63. The largest absolute Gasteiger partial charge is 0.379 e. The minimum absolute atomic E-state index is 0.389. The second-order valence-electron chi connectivity index (χ2n) is 4.60. The van der Waals surface area contributed by atoms with Crippen molar-refractivity contribution in [2.45, 2.75) is 52.1 Å². The molecule has 84 valence electrons. The van der Waals surface area contributed by atoms with Gasteiger partial charge in [0.15, 0.2) is 0 Å². The molecule has 0 N–H and O–H groups in total. The van der Waals surface area contributed by atoms with Crippen molar-refractivity contribution >= 4 is 0 Å². The predicted octanol–water partition coefficient (Wildman–Crippen LogP) is 3.01. The van der Waals surface area contributed by atoms with Gasteiger partial charge in [0.2, 0.25) is 0 Å². The first-order chi connectivity index (χ1) is 6.79. The summed E-state index contributed by atoms with van der Waals surface area (Å²) >= 11 is 0. The van der Waals surface area contributed by atoms with Crippen LogP contribution in [-0.2, 0) is 9.47 Å². The maximum absolute atomic E-state index is 5.57. The van der Waals surface area contributed by atoms with Crippen LogP contribution in [0.5, 0.6) is 0 Å². The Morgan fingerprint density at radius 1 is 1.36 bits per heavy atom. The third-order valence-corrected chi connectivity index (χ3v) is 2.65. The highest BCUT2D eigenvalue weighted by Crippen LogP contribution is 2.12. The highest BCUT2D eigenvalue weighted by Gasteiger charge is 2.14. The van der Waals surface area contributed by atoms with E-state index in [1.807, 2.05) is 0 Å². The molecule has 0 aromatic heterocycles. The van der Waals surface area contributed by atoms with Crippen molar-refractivity contribution in [2.75, 3.05) is 19.8 Å². The number of ether oxygens (including phenoxy) is 2. The van der Waals surface area contributed by atoms with E-state index in [0.717, 1.165) is 25.7 Å². The van der Waals surface area contributed by atoms with Crippen LogP contribution < -0.4 is 0 Å². The van der Waals surface area contributed by atoms with Gasteiger partial charge in [0.25, 0.3) is 0 Å². The maximum atomic E-state index is 5.57. The fourth-order valence-corrected chi connectivity index (χ4v) is 1.75. The zero-order valence-corrected chi connectivity index (χ0v) is 9.63. The van der Waals surface area contributed by atoms with Crippen LogP contribution in [0.4, 0.5) is 0 Å². The fraction of sp³-hybridized carbons (Fsp3) is 1.00. The Morgan fingerprint density at radius 3 is 2.86 bits per heavy atom. The molecule has 1 rings (SSSR count). The van der Waals surface area contributed by atoms with Gasteiger partial charge in [0.05, 0.1) is 12.7 Å². The van der Waals surface area contributed by atoms with Gasteiger partial charge in [-0.05, 0) is 25.2 Å². The molecule has 0 aromatic carbocycles.